The first-order valence-corrected chi connectivity index (χ1v) is 9.52. The van der Waals surface area contributed by atoms with Gasteiger partial charge in [0, 0.05) is 6.04 Å². The average molecular weight is 340 g/mol. The molecule has 0 saturated carbocycles. The Morgan fingerprint density at radius 3 is 2.08 bits per heavy atom. The second-order valence-corrected chi connectivity index (χ2v) is 7.32. The second kappa shape index (κ2) is 10.2. The molecule has 0 amide bonds. The van der Waals surface area contributed by atoms with E-state index in [4.69, 9.17) is 4.74 Å². The molecule has 2 aromatic rings. The molecule has 0 spiro atoms. The maximum absolute atomic E-state index is 5.30. The Bertz CT molecular complexity index is 591. The largest absolute Gasteiger partial charge is 0.497 e. The smallest absolute Gasteiger partial charge is 0.118 e. The van der Waals surface area contributed by atoms with Gasteiger partial charge in [-0.3, -0.25) is 0 Å². The Kier molecular flexibility index (Phi) is 8.00. The molecular formula is C23H33NO. The second-order valence-electron chi connectivity index (χ2n) is 7.32. The SMILES string of the molecule is COc1ccc([C@@H](CCN[C@H](C)c2ccccc2)CCC(C)C)cc1. The molecule has 2 aromatic carbocycles. The summed E-state index contributed by atoms with van der Waals surface area (Å²) in [7, 11) is 1.72. The fourth-order valence-electron chi connectivity index (χ4n) is 3.22. The van der Waals surface area contributed by atoms with Gasteiger partial charge in [0.25, 0.3) is 0 Å². The monoisotopic (exact) mass is 339 g/mol. The van der Waals surface area contributed by atoms with Gasteiger partial charge in [0.2, 0.25) is 0 Å². The Hall–Kier alpha value is -1.80. The van der Waals surface area contributed by atoms with Gasteiger partial charge in [0.15, 0.2) is 0 Å². The van der Waals surface area contributed by atoms with Crippen molar-refractivity contribution in [1.29, 1.82) is 0 Å². The van der Waals surface area contributed by atoms with Crippen LogP contribution in [0, 0.1) is 5.92 Å². The fraction of sp³-hybridized carbons (Fsp3) is 0.478. The highest BCUT2D eigenvalue weighted by atomic mass is 16.5. The van der Waals surface area contributed by atoms with Crippen LogP contribution in [0.4, 0.5) is 0 Å². The van der Waals surface area contributed by atoms with Crippen molar-refractivity contribution in [1.82, 2.24) is 5.32 Å². The van der Waals surface area contributed by atoms with Crippen LogP contribution in [0.3, 0.4) is 0 Å². The molecule has 2 heteroatoms. The lowest BCUT2D eigenvalue weighted by molar-refractivity contribution is 0.414. The lowest BCUT2D eigenvalue weighted by Crippen LogP contribution is -2.21. The van der Waals surface area contributed by atoms with Gasteiger partial charge < -0.3 is 10.1 Å². The van der Waals surface area contributed by atoms with Crippen molar-refractivity contribution < 1.29 is 4.74 Å². The Morgan fingerprint density at radius 2 is 1.48 bits per heavy atom. The minimum Gasteiger partial charge on any atom is -0.497 e. The Balaban J connectivity index is 1.93. The highest BCUT2D eigenvalue weighted by Crippen LogP contribution is 2.28. The van der Waals surface area contributed by atoms with E-state index in [-0.39, 0.29) is 0 Å². The van der Waals surface area contributed by atoms with Crippen molar-refractivity contribution in [3.8, 4) is 5.75 Å². The normalized spacial score (nSPS) is 13.6. The number of ether oxygens (including phenoxy) is 1. The van der Waals surface area contributed by atoms with Crippen molar-refractivity contribution in [2.45, 2.75) is 52.0 Å². The molecule has 0 aromatic heterocycles. The minimum atomic E-state index is 0.391. The van der Waals surface area contributed by atoms with Crippen LogP contribution in [0.1, 0.15) is 63.1 Å². The molecule has 25 heavy (non-hydrogen) atoms. The molecule has 2 atom stereocenters. The number of rotatable bonds is 10. The average Bonchev–Trinajstić information content (AvgIpc) is 2.65. The lowest BCUT2D eigenvalue weighted by Gasteiger charge is -2.21. The van der Waals surface area contributed by atoms with E-state index in [1.807, 2.05) is 0 Å². The number of methoxy groups -OCH3 is 1. The van der Waals surface area contributed by atoms with Crippen LogP contribution in [0.15, 0.2) is 54.6 Å². The summed E-state index contributed by atoms with van der Waals surface area (Å²) in [6, 6.07) is 19.7. The number of hydrogen-bond donors (Lipinski definition) is 1. The van der Waals surface area contributed by atoms with Crippen LogP contribution in [0.25, 0.3) is 0 Å². The first kappa shape index (κ1) is 19.5. The molecule has 0 unspecified atom stereocenters. The zero-order chi connectivity index (χ0) is 18.1. The van der Waals surface area contributed by atoms with Crippen LogP contribution in [0.5, 0.6) is 5.75 Å². The van der Waals surface area contributed by atoms with Gasteiger partial charge in [-0.1, -0.05) is 62.7 Å². The summed E-state index contributed by atoms with van der Waals surface area (Å²) < 4.78 is 5.30. The molecule has 1 N–H and O–H groups in total. The molecule has 0 saturated heterocycles. The van der Waals surface area contributed by atoms with Gasteiger partial charge in [-0.05, 0) is 61.4 Å². The maximum Gasteiger partial charge on any atom is 0.118 e. The zero-order valence-electron chi connectivity index (χ0n) is 16.2. The molecule has 0 aliphatic rings. The zero-order valence-corrected chi connectivity index (χ0v) is 16.2. The first-order chi connectivity index (χ1) is 12.1. The van der Waals surface area contributed by atoms with E-state index in [2.05, 4.69) is 80.7 Å². The summed E-state index contributed by atoms with van der Waals surface area (Å²) in [5, 5.41) is 3.68. The number of benzene rings is 2. The standard InChI is InChI=1S/C23H33NO/c1-18(2)10-11-22(21-12-14-23(25-4)15-13-21)16-17-24-19(3)20-8-6-5-7-9-20/h5-9,12-15,18-19,22,24H,10-11,16-17H2,1-4H3/t19-,22-/m1/s1. The molecule has 0 radical (unpaired) electrons. The third kappa shape index (κ3) is 6.55. The van der Waals surface area contributed by atoms with Crippen molar-refractivity contribution in [2.75, 3.05) is 13.7 Å². The van der Waals surface area contributed by atoms with Gasteiger partial charge >= 0.3 is 0 Å². The van der Waals surface area contributed by atoms with Gasteiger partial charge in [-0.15, -0.1) is 0 Å². The highest BCUT2D eigenvalue weighted by Gasteiger charge is 2.13. The summed E-state index contributed by atoms with van der Waals surface area (Å²) in [6.45, 7) is 7.89. The van der Waals surface area contributed by atoms with E-state index in [1.165, 1.54) is 24.0 Å². The predicted molar refractivity (Wildman–Crippen MR) is 107 cm³/mol. The minimum absolute atomic E-state index is 0.391. The number of hydrogen-bond acceptors (Lipinski definition) is 2. The molecule has 0 bridgehead atoms. The Morgan fingerprint density at radius 1 is 0.800 bits per heavy atom. The molecule has 0 heterocycles. The van der Waals surface area contributed by atoms with Crippen LogP contribution < -0.4 is 10.1 Å². The summed E-state index contributed by atoms with van der Waals surface area (Å²) >= 11 is 0. The van der Waals surface area contributed by atoms with Crippen molar-refractivity contribution in [3.05, 3.63) is 65.7 Å². The van der Waals surface area contributed by atoms with Crippen LogP contribution in [-0.2, 0) is 0 Å². The van der Waals surface area contributed by atoms with Crippen LogP contribution >= 0.6 is 0 Å². The summed E-state index contributed by atoms with van der Waals surface area (Å²) in [4.78, 5) is 0. The predicted octanol–water partition coefficient (Wildman–Crippen LogP) is 5.96. The molecule has 2 nitrogen and oxygen atoms in total. The Labute approximate surface area is 153 Å². The van der Waals surface area contributed by atoms with Crippen molar-refractivity contribution in [3.63, 3.8) is 0 Å². The molecule has 136 valence electrons. The summed E-state index contributed by atoms with van der Waals surface area (Å²) in [5.41, 5.74) is 2.78. The van der Waals surface area contributed by atoms with E-state index < -0.39 is 0 Å². The van der Waals surface area contributed by atoms with E-state index in [0.717, 1.165) is 24.6 Å². The van der Waals surface area contributed by atoms with Gasteiger partial charge in [0.1, 0.15) is 5.75 Å². The van der Waals surface area contributed by atoms with E-state index in [1.54, 1.807) is 7.11 Å². The topological polar surface area (TPSA) is 21.3 Å². The third-order valence-corrected chi connectivity index (χ3v) is 4.92. The summed E-state index contributed by atoms with van der Waals surface area (Å²) in [6.07, 6.45) is 3.67. The van der Waals surface area contributed by atoms with Gasteiger partial charge in [-0.25, -0.2) is 0 Å². The summed E-state index contributed by atoms with van der Waals surface area (Å²) in [5.74, 6) is 2.28. The quantitative estimate of drug-likeness (QED) is 0.577. The highest BCUT2D eigenvalue weighted by molar-refractivity contribution is 5.29. The third-order valence-electron chi connectivity index (χ3n) is 4.92. The maximum atomic E-state index is 5.30. The van der Waals surface area contributed by atoms with E-state index in [0.29, 0.717) is 12.0 Å². The van der Waals surface area contributed by atoms with Crippen molar-refractivity contribution >= 4 is 0 Å². The van der Waals surface area contributed by atoms with Gasteiger partial charge in [-0.2, -0.15) is 0 Å². The molecule has 0 aliphatic carbocycles. The molecule has 0 fully saturated rings. The first-order valence-electron chi connectivity index (χ1n) is 9.52. The van der Waals surface area contributed by atoms with E-state index in [9.17, 15) is 0 Å². The molecule has 0 aliphatic heterocycles. The van der Waals surface area contributed by atoms with Gasteiger partial charge in [0.05, 0.1) is 7.11 Å². The fourth-order valence-corrected chi connectivity index (χ4v) is 3.22. The van der Waals surface area contributed by atoms with E-state index >= 15 is 0 Å². The molecule has 2 rings (SSSR count). The van der Waals surface area contributed by atoms with Crippen LogP contribution in [0.2, 0.25) is 0 Å². The number of nitrogens with one attached hydrogen (secondary N) is 1. The molecular weight excluding hydrogens is 306 g/mol. The van der Waals surface area contributed by atoms with Crippen molar-refractivity contribution in [2.24, 2.45) is 5.92 Å². The van der Waals surface area contributed by atoms with Crippen LogP contribution in [-0.4, -0.2) is 13.7 Å². The lowest BCUT2D eigenvalue weighted by atomic mass is 9.88.